The molecule has 1 atom stereocenters. The number of hydrogen-bond acceptors (Lipinski definition) is 4. The Labute approximate surface area is 135 Å². The van der Waals surface area contributed by atoms with Gasteiger partial charge in [0, 0.05) is 13.3 Å². The molecule has 0 aliphatic carbocycles. The van der Waals surface area contributed by atoms with Gasteiger partial charge in [-0.3, -0.25) is 0 Å². The molecule has 23 heavy (non-hydrogen) atoms. The quantitative estimate of drug-likeness (QED) is 0.680. The number of hydrogen-bond donors (Lipinski definition) is 1. The molecule has 120 valence electrons. The second-order valence-corrected chi connectivity index (χ2v) is 6.15. The van der Waals surface area contributed by atoms with E-state index in [1.165, 1.54) is 0 Å². The number of aryl methyl sites for hydroxylation is 1. The molecule has 0 saturated heterocycles. The predicted octanol–water partition coefficient (Wildman–Crippen LogP) is 3.56. The summed E-state index contributed by atoms with van der Waals surface area (Å²) in [6, 6.07) is 10.8. The number of carbonyl (C=O) groups is 1. The van der Waals surface area contributed by atoms with Crippen molar-refractivity contribution in [2.24, 2.45) is 0 Å². The molecule has 1 unspecified atom stereocenters. The van der Waals surface area contributed by atoms with Gasteiger partial charge in [0.05, 0.1) is 5.56 Å². The largest absolute Gasteiger partial charge is 0.462 e. The summed E-state index contributed by atoms with van der Waals surface area (Å²) < 4.78 is 11.3. The third-order valence-corrected chi connectivity index (χ3v) is 4.26. The fourth-order valence-electron chi connectivity index (χ4n) is 2.73. The van der Waals surface area contributed by atoms with Crippen molar-refractivity contribution in [1.82, 2.24) is 0 Å². The maximum absolute atomic E-state index is 12.3. The van der Waals surface area contributed by atoms with Crippen LogP contribution >= 0.6 is 0 Å². The molecule has 0 saturated carbocycles. The average molecular weight is 312 g/mol. The number of aliphatic hydroxyl groups is 1. The Morgan fingerprint density at radius 3 is 2.61 bits per heavy atom. The molecule has 3 rings (SSSR count). The van der Waals surface area contributed by atoms with E-state index in [0.717, 1.165) is 16.7 Å². The van der Waals surface area contributed by atoms with Gasteiger partial charge >= 0.3 is 5.97 Å². The van der Waals surface area contributed by atoms with Crippen LogP contribution in [0.2, 0.25) is 0 Å². The Balaban J connectivity index is 1.93. The smallest absolute Gasteiger partial charge is 0.343 e. The lowest BCUT2D eigenvalue weighted by Gasteiger charge is -2.32. The van der Waals surface area contributed by atoms with Gasteiger partial charge in [-0.25, -0.2) is 4.79 Å². The van der Waals surface area contributed by atoms with Gasteiger partial charge in [-0.1, -0.05) is 18.2 Å². The minimum Gasteiger partial charge on any atom is -0.462 e. The van der Waals surface area contributed by atoms with Crippen molar-refractivity contribution in [3.05, 3.63) is 58.7 Å². The zero-order valence-electron chi connectivity index (χ0n) is 13.6. The van der Waals surface area contributed by atoms with Crippen LogP contribution in [0.3, 0.4) is 0 Å². The van der Waals surface area contributed by atoms with Gasteiger partial charge in [0.15, 0.2) is 0 Å². The average Bonchev–Trinajstić information content (AvgIpc) is 2.53. The highest BCUT2D eigenvalue weighted by molar-refractivity contribution is 5.91. The molecule has 1 N–H and O–H groups in total. The summed E-state index contributed by atoms with van der Waals surface area (Å²) in [5.41, 5.74) is 3.20. The second kappa shape index (κ2) is 5.70. The van der Waals surface area contributed by atoms with Gasteiger partial charge in [-0.15, -0.1) is 0 Å². The van der Waals surface area contributed by atoms with Crippen LogP contribution in [0.4, 0.5) is 0 Å². The molecule has 4 heteroatoms. The summed E-state index contributed by atoms with van der Waals surface area (Å²) in [5.74, 6) is -0.290. The highest BCUT2D eigenvalue weighted by Gasteiger charge is 2.31. The summed E-state index contributed by atoms with van der Waals surface area (Å²) >= 11 is 0. The van der Waals surface area contributed by atoms with Crippen LogP contribution in [-0.4, -0.2) is 16.9 Å². The summed E-state index contributed by atoms with van der Waals surface area (Å²) in [6.07, 6.45) is 1.19. The van der Waals surface area contributed by atoms with Crippen LogP contribution < -0.4 is 9.47 Å². The zero-order valence-corrected chi connectivity index (χ0v) is 13.6. The molecule has 1 aliphatic rings. The van der Waals surface area contributed by atoms with Crippen molar-refractivity contribution >= 4 is 5.97 Å². The lowest BCUT2D eigenvalue weighted by molar-refractivity contribution is -0.134. The molecule has 1 heterocycles. The summed E-state index contributed by atoms with van der Waals surface area (Å²) in [7, 11) is 0. The summed E-state index contributed by atoms with van der Waals surface area (Å²) in [6.45, 7) is 5.46. The number of rotatable bonds is 2. The molecule has 0 radical (unpaired) electrons. The molecule has 0 amide bonds. The second-order valence-electron chi connectivity index (χ2n) is 6.15. The maximum Gasteiger partial charge on any atom is 0.343 e. The zero-order chi connectivity index (χ0) is 16.6. The highest BCUT2D eigenvalue weighted by Crippen LogP contribution is 2.40. The monoisotopic (exact) mass is 312 g/mol. The molecular formula is C19H20O4. The SMILES string of the molecule is Cc1c(OC(=O)c2ccccc2)cc2c(c1C)OC(C)(O)CC2. The minimum absolute atomic E-state index is 0.378. The molecule has 0 aromatic heterocycles. The Bertz CT molecular complexity index is 748. The van der Waals surface area contributed by atoms with E-state index in [1.54, 1.807) is 31.2 Å². The third-order valence-electron chi connectivity index (χ3n) is 4.26. The molecule has 2 aromatic carbocycles. The van der Waals surface area contributed by atoms with Crippen LogP contribution in [0.25, 0.3) is 0 Å². The fourth-order valence-corrected chi connectivity index (χ4v) is 2.73. The molecule has 1 aliphatic heterocycles. The molecule has 4 nitrogen and oxygen atoms in total. The third kappa shape index (κ3) is 3.08. The highest BCUT2D eigenvalue weighted by atomic mass is 16.6. The first-order chi connectivity index (χ1) is 10.9. The fraction of sp³-hybridized carbons (Fsp3) is 0.316. The van der Waals surface area contributed by atoms with E-state index in [2.05, 4.69) is 0 Å². The Morgan fingerprint density at radius 1 is 1.22 bits per heavy atom. The van der Waals surface area contributed by atoms with Crippen LogP contribution in [-0.2, 0) is 6.42 Å². The van der Waals surface area contributed by atoms with E-state index in [0.29, 0.717) is 29.9 Å². The summed E-state index contributed by atoms with van der Waals surface area (Å²) in [5, 5.41) is 10.1. The molecule has 0 bridgehead atoms. The van der Waals surface area contributed by atoms with E-state index in [9.17, 15) is 9.90 Å². The van der Waals surface area contributed by atoms with Gasteiger partial charge < -0.3 is 14.6 Å². The minimum atomic E-state index is -1.15. The first-order valence-electron chi connectivity index (χ1n) is 7.69. The Hall–Kier alpha value is -2.33. The normalized spacial score (nSPS) is 19.7. The lowest BCUT2D eigenvalue weighted by Crippen LogP contribution is -2.36. The van der Waals surface area contributed by atoms with Crippen LogP contribution in [0.5, 0.6) is 11.5 Å². The van der Waals surface area contributed by atoms with E-state index in [4.69, 9.17) is 9.47 Å². The first kappa shape index (κ1) is 15.6. The number of ether oxygens (including phenoxy) is 2. The lowest BCUT2D eigenvalue weighted by atomic mass is 9.95. The number of carbonyl (C=O) groups excluding carboxylic acids is 1. The van der Waals surface area contributed by atoms with Crippen molar-refractivity contribution < 1.29 is 19.4 Å². The predicted molar refractivity (Wildman–Crippen MR) is 86.9 cm³/mol. The topological polar surface area (TPSA) is 55.8 Å². The van der Waals surface area contributed by atoms with Crippen molar-refractivity contribution in [2.75, 3.05) is 0 Å². The van der Waals surface area contributed by atoms with E-state index in [-0.39, 0.29) is 5.97 Å². The van der Waals surface area contributed by atoms with Gasteiger partial charge in [-0.2, -0.15) is 0 Å². The summed E-state index contributed by atoms with van der Waals surface area (Å²) in [4.78, 5) is 12.3. The number of esters is 1. The van der Waals surface area contributed by atoms with Gasteiger partial charge in [0.1, 0.15) is 11.5 Å². The van der Waals surface area contributed by atoms with Crippen molar-refractivity contribution in [1.29, 1.82) is 0 Å². The first-order valence-corrected chi connectivity index (χ1v) is 7.69. The Morgan fingerprint density at radius 2 is 1.91 bits per heavy atom. The van der Waals surface area contributed by atoms with Gasteiger partial charge in [0.25, 0.3) is 0 Å². The standard InChI is InChI=1S/C19H20O4/c1-12-13(2)17-15(9-10-19(3,21)23-17)11-16(12)22-18(20)14-7-5-4-6-8-14/h4-8,11,21H,9-10H2,1-3H3. The number of benzene rings is 2. The Kier molecular flexibility index (Phi) is 3.86. The molecule has 0 spiro atoms. The van der Waals surface area contributed by atoms with E-state index < -0.39 is 5.79 Å². The van der Waals surface area contributed by atoms with E-state index in [1.807, 2.05) is 26.0 Å². The van der Waals surface area contributed by atoms with Crippen molar-refractivity contribution in [3.8, 4) is 11.5 Å². The van der Waals surface area contributed by atoms with Crippen LogP contribution in [0.1, 0.15) is 40.4 Å². The van der Waals surface area contributed by atoms with Crippen molar-refractivity contribution in [2.45, 2.75) is 39.4 Å². The van der Waals surface area contributed by atoms with E-state index >= 15 is 0 Å². The van der Waals surface area contributed by atoms with Crippen molar-refractivity contribution in [3.63, 3.8) is 0 Å². The molecule has 0 fully saturated rings. The molecular weight excluding hydrogens is 292 g/mol. The number of fused-ring (bicyclic) bond motifs is 1. The molecule has 2 aromatic rings. The van der Waals surface area contributed by atoms with Gasteiger partial charge in [-0.05, 0) is 55.2 Å². The van der Waals surface area contributed by atoms with Crippen LogP contribution in [0.15, 0.2) is 36.4 Å². The van der Waals surface area contributed by atoms with Crippen LogP contribution in [0, 0.1) is 13.8 Å². The maximum atomic E-state index is 12.3. The van der Waals surface area contributed by atoms with Gasteiger partial charge in [0.2, 0.25) is 5.79 Å².